The van der Waals surface area contributed by atoms with Crippen LogP contribution in [0.2, 0.25) is 0 Å². The summed E-state index contributed by atoms with van der Waals surface area (Å²) < 4.78 is 1.95. The van der Waals surface area contributed by atoms with E-state index in [0.29, 0.717) is 30.4 Å². The topological polar surface area (TPSA) is 93.3 Å². The van der Waals surface area contributed by atoms with Crippen molar-refractivity contribution in [2.75, 3.05) is 18.0 Å². The van der Waals surface area contributed by atoms with E-state index in [2.05, 4.69) is 10.4 Å². The third kappa shape index (κ3) is 3.84. The summed E-state index contributed by atoms with van der Waals surface area (Å²) in [5.74, 6) is -0.299. The fraction of sp³-hybridized carbons (Fsp3) is 0.444. The fourth-order valence-corrected chi connectivity index (χ4v) is 3.29. The average Bonchev–Trinajstić information content (AvgIpc) is 3.15. The number of nitro benzene ring substituents is 1. The summed E-state index contributed by atoms with van der Waals surface area (Å²) in [6.07, 6.45) is 5.45. The minimum atomic E-state index is -0.416. The predicted octanol–water partition coefficient (Wildman–Crippen LogP) is 2.77. The molecule has 8 nitrogen and oxygen atoms in total. The number of anilines is 1. The van der Waals surface area contributed by atoms with E-state index >= 15 is 0 Å². The van der Waals surface area contributed by atoms with Gasteiger partial charge in [-0.1, -0.05) is 0 Å². The van der Waals surface area contributed by atoms with Gasteiger partial charge in [0.1, 0.15) is 5.69 Å². The first-order valence-electron chi connectivity index (χ1n) is 8.79. The highest BCUT2D eigenvalue weighted by atomic mass is 16.6. The Bertz CT molecular complexity index is 780. The maximum Gasteiger partial charge on any atom is 0.293 e. The maximum absolute atomic E-state index is 12.1. The first-order chi connectivity index (χ1) is 12.5. The van der Waals surface area contributed by atoms with E-state index in [0.717, 1.165) is 12.8 Å². The van der Waals surface area contributed by atoms with Crippen molar-refractivity contribution in [1.29, 1.82) is 0 Å². The van der Waals surface area contributed by atoms with Crippen LogP contribution in [0.25, 0.3) is 0 Å². The van der Waals surface area contributed by atoms with Crippen LogP contribution in [0.5, 0.6) is 0 Å². The molecule has 138 valence electrons. The van der Waals surface area contributed by atoms with Gasteiger partial charge in [0, 0.05) is 43.2 Å². The van der Waals surface area contributed by atoms with Crippen molar-refractivity contribution in [1.82, 2.24) is 15.1 Å². The zero-order chi connectivity index (χ0) is 18.7. The molecule has 26 heavy (non-hydrogen) atoms. The average molecular weight is 357 g/mol. The first-order valence-corrected chi connectivity index (χ1v) is 8.79. The fourth-order valence-electron chi connectivity index (χ4n) is 3.29. The van der Waals surface area contributed by atoms with Gasteiger partial charge in [0.2, 0.25) is 0 Å². The molecule has 1 fully saturated rings. The molecule has 1 aliphatic heterocycles. The van der Waals surface area contributed by atoms with E-state index < -0.39 is 4.92 Å². The van der Waals surface area contributed by atoms with Crippen molar-refractivity contribution >= 4 is 17.3 Å². The number of nitrogens with one attached hydrogen (secondary N) is 1. The summed E-state index contributed by atoms with van der Waals surface area (Å²) in [5, 5.41) is 18.6. The van der Waals surface area contributed by atoms with Crippen LogP contribution in [0, 0.1) is 10.1 Å². The molecule has 2 heterocycles. The number of carbonyl (C=O) groups excluding carboxylic acids is 1. The quantitative estimate of drug-likeness (QED) is 0.656. The van der Waals surface area contributed by atoms with Crippen molar-refractivity contribution in [2.45, 2.75) is 38.8 Å². The van der Waals surface area contributed by atoms with E-state index in [-0.39, 0.29) is 17.6 Å². The molecular formula is C18H23N5O3. The van der Waals surface area contributed by atoms with E-state index in [4.69, 9.17) is 0 Å². The third-order valence-corrected chi connectivity index (χ3v) is 4.56. The molecule has 0 unspecified atom stereocenters. The van der Waals surface area contributed by atoms with Gasteiger partial charge in [-0.3, -0.25) is 19.6 Å². The third-order valence-electron chi connectivity index (χ3n) is 4.56. The standard InChI is InChI=1S/C18H23N5O3/c1-13(2)20-18(24)14-4-5-16(17(12-14)23(25)26)21-10-6-15(7-11-21)22-9-3-8-19-22/h3-5,8-9,12-13,15H,6-7,10-11H2,1-2H3,(H,20,24). The summed E-state index contributed by atoms with van der Waals surface area (Å²) in [6.45, 7) is 5.13. The molecule has 2 aromatic rings. The van der Waals surface area contributed by atoms with Gasteiger partial charge >= 0.3 is 0 Å². The molecule has 0 saturated carbocycles. The Morgan fingerprint density at radius 3 is 2.65 bits per heavy atom. The second-order valence-electron chi connectivity index (χ2n) is 6.79. The van der Waals surface area contributed by atoms with E-state index in [9.17, 15) is 14.9 Å². The molecule has 3 rings (SSSR count). The van der Waals surface area contributed by atoms with E-state index in [1.54, 1.807) is 18.3 Å². The zero-order valence-corrected chi connectivity index (χ0v) is 15.0. The summed E-state index contributed by atoms with van der Waals surface area (Å²) in [7, 11) is 0. The summed E-state index contributed by atoms with van der Waals surface area (Å²) in [5.41, 5.74) is 0.842. The lowest BCUT2D eigenvalue weighted by molar-refractivity contribution is -0.384. The minimum Gasteiger partial charge on any atom is -0.366 e. The molecule has 0 atom stereocenters. The van der Waals surface area contributed by atoms with Crippen molar-refractivity contribution < 1.29 is 9.72 Å². The summed E-state index contributed by atoms with van der Waals surface area (Å²) >= 11 is 0. The second kappa shape index (κ2) is 7.55. The monoisotopic (exact) mass is 357 g/mol. The Hall–Kier alpha value is -2.90. The Labute approximate surface area is 151 Å². The Kier molecular flexibility index (Phi) is 5.20. The molecule has 0 aliphatic carbocycles. The van der Waals surface area contributed by atoms with Gasteiger partial charge in [-0.25, -0.2) is 0 Å². The van der Waals surface area contributed by atoms with E-state index in [1.165, 1.54) is 6.07 Å². The molecule has 1 aliphatic rings. The number of hydrogen-bond acceptors (Lipinski definition) is 5. The SMILES string of the molecule is CC(C)NC(=O)c1ccc(N2CCC(n3cccn3)CC2)c([N+](=O)[O-])c1. The number of nitrogens with zero attached hydrogens (tertiary/aromatic N) is 4. The summed E-state index contributed by atoms with van der Waals surface area (Å²) in [6, 6.07) is 6.89. The molecule has 1 aromatic heterocycles. The number of carbonyl (C=O) groups is 1. The van der Waals surface area contributed by atoms with Crippen LogP contribution in [0.1, 0.15) is 43.1 Å². The molecule has 0 spiro atoms. The highest BCUT2D eigenvalue weighted by molar-refractivity contribution is 5.96. The highest BCUT2D eigenvalue weighted by Crippen LogP contribution is 2.33. The molecule has 1 saturated heterocycles. The lowest BCUT2D eigenvalue weighted by Gasteiger charge is -2.33. The normalized spacial score (nSPS) is 15.3. The molecule has 1 aromatic carbocycles. The van der Waals surface area contributed by atoms with Crippen molar-refractivity contribution in [3.8, 4) is 0 Å². The molecule has 8 heteroatoms. The smallest absolute Gasteiger partial charge is 0.293 e. The van der Waals surface area contributed by atoms with E-state index in [1.807, 2.05) is 35.7 Å². The molecule has 1 amide bonds. The minimum absolute atomic E-state index is 0.0254. The Morgan fingerprint density at radius 2 is 2.08 bits per heavy atom. The van der Waals surface area contributed by atoms with Gasteiger partial charge in [0.25, 0.3) is 11.6 Å². The van der Waals surface area contributed by atoms with Crippen molar-refractivity contribution in [3.05, 3.63) is 52.3 Å². The number of amides is 1. The molecule has 0 bridgehead atoms. The van der Waals surface area contributed by atoms with Gasteiger partial charge in [-0.15, -0.1) is 0 Å². The number of aromatic nitrogens is 2. The van der Waals surface area contributed by atoms with Crippen LogP contribution in [-0.4, -0.2) is 39.7 Å². The van der Waals surface area contributed by atoms with Crippen molar-refractivity contribution in [2.24, 2.45) is 0 Å². The second-order valence-corrected chi connectivity index (χ2v) is 6.79. The van der Waals surface area contributed by atoms with Gasteiger partial charge < -0.3 is 10.2 Å². The van der Waals surface area contributed by atoms with Crippen LogP contribution in [-0.2, 0) is 0 Å². The maximum atomic E-state index is 12.1. The molecule has 0 radical (unpaired) electrons. The van der Waals surface area contributed by atoms with Crippen LogP contribution in [0.15, 0.2) is 36.7 Å². The largest absolute Gasteiger partial charge is 0.366 e. The summed E-state index contributed by atoms with van der Waals surface area (Å²) in [4.78, 5) is 25.3. The highest BCUT2D eigenvalue weighted by Gasteiger charge is 2.26. The van der Waals surface area contributed by atoms with Crippen LogP contribution in [0.4, 0.5) is 11.4 Å². The number of rotatable bonds is 5. The number of hydrogen-bond donors (Lipinski definition) is 1. The lowest BCUT2D eigenvalue weighted by Crippen LogP contribution is -2.35. The molecular weight excluding hydrogens is 334 g/mol. The van der Waals surface area contributed by atoms with Crippen molar-refractivity contribution in [3.63, 3.8) is 0 Å². The number of nitro groups is 1. The first kappa shape index (κ1) is 17.9. The Balaban J connectivity index is 1.77. The Morgan fingerprint density at radius 1 is 1.35 bits per heavy atom. The predicted molar refractivity (Wildman–Crippen MR) is 98.4 cm³/mol. The van der Waals surface area contributed by atoms with Crippen LogP contribution < -0.4 is 10.2 Å². The number of benzene rings is 1. The van der Waals surface area contributed by atoms with Gasteiger partial charge in [0.15, 0.2) is 0 Å². The zero-order valence-electron chi connectivity index (χ0n) is 15.0. The van der Waals surface area contributed by atoms with Gasteiger partial charge in [-0.2, -0.15) is 5.10 Å². The lowest BCUT2D eigenvalue weighted by atomic mass is 10.0. The van der Waals surface area contributed by atoms with Gasteiger partial charge in [0.05, 0.1) is 11.0 Å². The van der Waals surface area contributed by atoms with Gasteiger partial charge in [-0.05, 0) is 44.9 Å². The number of piperidine rings is 1. The van der Waals surface area contributed by atoms with Crippen LogP contribution in [0.3, 0.4) is 0 Å². The molecule has 1 N–H and O–H groups in total. The van der Waals surface area contributed by atoms with Crippen LogP contribution >= 0.6 is 0 Å².